The molecule has 1 heterocycles. The number of unbranched alkanes of at least 4 members (excludes halogenated alkanes) is 1. The molecular formula is C14H18INO3. The third-order valence-electron chi connectivity index (χ3n) is 3.01. The molecule has 0 aromatic heterocycles. The Balaban J connectivity index is 2.25. The van der Waals surface area contributed by atoms with Crippen LogP contribution in [0, 0.1) is 3.57 Å². The van der Waals surface area contributed by atoms with Gasteiger partial charge < -0.3 is 9.47 Å². The number of fused-ring (bicyclic) bond motifs is 1. The van der Waals surface area contributed by atoms with Crippen molar-refractivity contribution in [2.75, 3.05) is 18.1 Å². The molecule has 0 spiro atoms. The van der Waals surface area contributed by atoms with Gasteiger partial charge in [0.05, 0.1) is 0 Å². The molecule has 0 radical (unpaired) electrons. The van der Waals surface area contributed by atoms with E-state index in [9.17, 15) is 4.79 Å². The zero-order valence-corrected chi connectivity index (χ0v) is 13.3. The molecule has 1 aliphatic heterocycles. The Morgan fingerprint density at radius 3 is 3.05 bits per heavy atom. The molecule has 0 fully saturated rings. The van der Waals surface area contributed by atoms with Crippen LogP contribution >= 0.6 is 22.6 Å². The number of halogens is 1. The summed E-state index contributed by atoms with van der Waals surface area (Å²) in [6.45, 7) is 4.71. The number of amides is 1. The number of ether oxygens (including phenoxy) is 2. The Morgan fingerprint density at radius 2 is 2.37 bits per heavy atom. The van der Waals surface area contributed by atoms with Gasteiger partial charge in [-0.25, -0.2) is 0 Å². The Hall–Kier alpha value is -0.820. The summed E-state index contributed by atoms with van der Waals surface area (Å²) in [6.07, 6.45) is 1.73. The summed E-state index contributed by atoms with van der Waals surface area (Å²) < 4.78 is 12.5. The lowest BCUT2D eigenvalue weighted by Crippen LogP contribution is -2.48. The minimum absolute atomic E-state index is 0.0184. The van der Waals surface area contributed by atoms with E-state index in [4.69, 9.17) is 9.47 Å². The Morgan fingerprint density at radius 1 is 1.58 bits per heavy atom. The van der Waals surface area contributed by atoms with Gasteiger partial charge in [-0.05, 0) is 41.1 Å². The number of hydrogen-bond acceptors (Lipinski definition) is 3. The van der Waals surface area contributed by atoms with Crippen LogP contribution in [0.3, 0.4) is 0 Å². The fourth-order valence-corrected chi connectivity index (χ4v) is 2.81. The van der Waals surface area contributed by atoms with Crippen molar-refractivity contribution in [2.24, 2.45) is 0 Å². The molecule has 1 amide bonds. The lowest BCUT2D eigenvalue weighted by molar-refractivity contribution is -0.120. The van der Waals surface area contributed by atoms with Gasteiger partial charge in [0.25, 0.3) is 0 Å². The van der Waals surface area contributed by atoms with Gasteiger partial charge in [0.2, 0.25) is 5.91 Å². The standard InChI is InChI=1S/C14H18INO3/c1-3-4-8-18-13-9-19-12-7-5-6-11(15)14(12)16(13)10(2)17/h5-7,13H,3-4,8-9H2,1-2H3. The molecule has 1 unspecified atom stereocenters. The highest BCUT2D eigenvalue weighted by atomic mass is 127. The third kappa shape index (κ3) is 3.20. The van der Waals surface area contributed by atoms with E-state index in [-0.39, 0.29) is 12.1 Å². The molecule has 4 nitrogen and oxygen atoms in total. The first kappa shape index (κ1) is 14.6. The van der Waals surface area contributed by atoms with Crippen molar-refractivity contribution in [3.8, 4) is 5.75 Å². The van der Waals surface area contributed by atoms with Crippen LogP contribution in [0.25, 0.3) is 0 Å². The van der Waals surface area contributed by atoms with E-state index in [1.54, 1.807) is 11.8 Å². The van der Waals surface area contributed by atoms with E-state index in [0.717, 1.165) is 27.8 Å². The number of hydrogen-bond donors (Lipinski definition) is 0. The van der Waals surface area contributed by atoms with E-state index in [1.807, 2.05) is 18.2 Å². The number of para-hydroxylation sites is 1. The quantitative estimate of drug-likeness (QED) is 0.600. The highest BCUT2D eigenvalue weighted by Gasteiger charge is 2.32. The maximum atomic E-state index is 11.9. The van der Waals surface area contributed by atoms with Crippen LogP contribution in [0.1, 0.15) is 26.7 Å². The molecule has 0 saturated carbocycles. The second kappa shape index (κ2) is 6.56. The van der Waals surface area contributed by atoms with Crippen LogP contribution in [0.2, 0.25) is 0 Å². The molecule has 1 atom stereocenters. The fourth-order valence-electron chi connectivity index (χ4n) is 2.07. The number of benzene rings is 1. The normalized spacial score (nSPS) is 17.8. The van der Waals surface area contributed by atoms with Crippen molar-refractivity contribution in [1.29, 1.82) is 0 Å². The number of nitrogens with zero attached hydrogens (tertiary/aromatic N) is 1. The first-order valence-electron chi connectivity index (χ1n) is 6.48. The average molecular weight is 375 g/mol. The van der Waals surface area contributed by atoms with Crippen LogP contribution < -0.4 is 9.64 Å². The van der Waals surface area contributed by atoms with Gasteiger partial charge in [-0.15, -0.1) is 0 Å². The highest BCUT2D eigenvalue weighted by molar-refractivity contribution is 14.1. The Bertz CT molecular complexity index is 464. The maximum absolute atomic E-state index is 11.9. The molecule has 5 heteroatoms. The van der Waals surface area contributed by atoms with Crippen LogP contribution in [0.4, 0.5) is 5.69 Å². The predicted molar refractivity (Wildman–Crippen MR) is 82.5 cm³/mol. The molecule has 1 aromatic rings. The SMILES string of the molecule is CCCCOC1COc2cccc(I)c2N1C(C)=O. The maximum Gasteiger partial charge on any atom is 0.226 e. The zero-order valence-electron chi connectivity index (χ0n) is 11.2. The summed E-state index contributed by atoms with van der Waals surface area (Å²) in [4.78, 5) is 13.6. The zero-order chi connectivity index (χ0) is 13.8. The third-order valence-corrected chi connectivity index (χ3v) is 3.88. The number of anilines is 1. The molecule has 0 bridgehead atoms. The van der Waals surface area contributed by atoms with E-state index >= 15 is 0 Å². The van der Waals surface area contributed by atoms with Gasteiger partial charge in [0, 0.05) is 17.1 Å². The summed E-state index contributed by atoms with van der Waals surface area (Å²) in [5.41, 5.74) is 0.823. The van der Waals surface area contributed by atoms with Crippen LogP contribution in [0.5, 0.6) is 5.75 Å². The van der Waals surface area contributed by atoms with E-state index in [2.05, 4.69) is 29.5 Å². The molecule has 104 valence electrons. The van der Waals surface area contributed by atoms with Crippen molar-refractivity contribution in [3.05, 3.63) is 21.8 Å². The smallest absolute Gasteiger partial charge is 0.226 e. The van der Waals surface area contributed by atoms with Crippen LogP contribution in [-0.4, -0.2) is 25.3 Å². The molecule has 0 aliphatic carbocycles. The summed E-state index contributed by atoms with van der Waals surface area (Å²) in [7, 11) is 0. The molecule has 1 aliphatic rings. The van der Waals surface area contributed by atoms with Crippen LogP contribution in [-0.2, 0) is 9.53 Å². The van der Waals surface area contributed by atoms with Crippen molar-refractivity contribution in [3.63, 3.8) is 0 Å². The molecule has 19 heavy (non-hydrogen) atoms. The van der Waals surface area contributed by atoms with E-state index < -0.39 is 0 Å². The van der Waals surface area contributed by atoms with Gasteiger partial charge in [0.15, 0.2) is 6.23 Å². The highest BCUT2D eigenvalue weighted by Crippen LogP contribution is 2.38. The average Bonchev–Trinajstić information content (AvgIpc) is 2.39. The van der Waals surface area contributed by atoms with Gasteiger partial charge in [0.1, 0.15) is 18.0 Å². The van der Waals surface area contributed by atoms with E-state index in [0.29, 0.717) is 13.2 Å². The van der Waals surface area contributed by atoms with Crippen molar-refractivity contribution in [2.45, 2.75) is 32.9 Å². The minimum atomic E-state index is -0.326. The largest absolute Gasteiger partial charge is 0.487 e. The lowest BCUT2D eigenvalue weighted by Gasteiger charge is -2.36. The molecule has 0 N–H and O–H groups in total. The van der Waals surface area contributed by atoms with Gasteiger partial charge in [-0.2, -0.15) is 0 Å². The molecule has 0 saturated heterocycles. The van der Waals surface area contributed by atoms with E-state index in [1.165, 1.54) is 0 Å². The fraction of sp³-hybridized carbons (Fsp3) is 0.500. The first-order chi connectivity index (χ1) is 9.15. The van der Waals surface area contributed by atoms with Gasteiger partial charge in [-0.1, -0.05) is 19.4 Å². The molecular weight excluding hydrogens is 357 g/mol. The number of carbonyl (C=O) groups excluding carboxylic acids is 1. The summed E-state index contributed by atoms with van der Waals surface area (Å²) in [5.74, 6) is 0.729. The minimum Gasteiger partial charge on any atom is -0.487 e. The Kier molecular flexibility index (Phi) is 5.04. The van der Waals surface area contributed by atoms with Crippen molar-refractivity contribution >= 4 is 34.2 Å². The van der Waals surface area contributed by atoms with Crippen molar-refractivity contribution < 1.29 is 14.3 Å². The second-order valence-corrected chi connectivity index (χ2v) is 5.63. The topological polar surface area (TPSA) is 38.8 Å². The van der Waals surface area contributed by atoms with Crippen molar-refractivity contribution in [1.82, 2.24) is 0 Å². The second-order valence-electron chi connectivity index (χ2n) is 4.47. The van der Waals surface area contributed by atoms with Gasteiger partial charge in [-0.3, -0.25) is 9.69 Å². The summed E-state index contributed by atoms with van der Waals surface area (Å²) in [6, 6.07) is 5.78. The lowest BCUT2D eigenvalue weighted by atomic mass is 10.2. The predicted octanol–water partition coefficient (Wildman–Crippen LogP) is 3.18. The molecule has 2 rings (SSSR count). The van der Waals surface area contributed by atoms with Crippen LogP contribution in [0.15, 0.2) is 18.2 Å². The summed E-state index contributed by atoms with van der Waals surface area (Å²) >= 11 is 2.22. The van der Waals surface area contributed by atoms with Gasteiger partial charge >= 0.3 is 0 Å². The first-order valence-corrected chi connectivity index (χ1v) is 7.55. The summed E-state index contributed by atoms with van der Waals surface area (Å²) in [5, 5.41) is 0. The number of carbonyl (C=O) groups is 1. The number of rotatable bonds is 4. The Labute approximate surface area is 127 Å². The monoisotopic (exact) mass is 375 g/mol. The molecule has 1 aromatic carbocycles.